The molecule has 194 valence electrons. The highest BCUT2D eigenvalue weighted by Crippen LogP contribution is 2.26. The van der Waals surface area contributed by atoms with Gasteiger partial charge >= 0.3 is 16.2 Å². The summed E-state index contributed by atoms with van der Waals surface area (Å²) in [6, 6.07) is 17.6. The maximum Gasteiger partial charge on any atom is 0.333 e. The smallest absolute Gasteiger partial charge is 0.333 e. The first-order chi connectivity index (χ1) is 17.7. The second kappa shape index (κ2) is 11.6. The molecule has 37 heavy (non-hydrogen) atoms. The van der Waals surface area contributed by atoms with E-state index in [2.05, 4.69) is 9.71 Å². The van der Waals surface area contributed by atoms with Crippen molar-refractivity contribution >= 4 is 33.2 Å². The van der Waals surface area contributed by atoms with Gasteiger partial charge in [0.1, 0.15) is 11.5 Å². The third-order valence-corrected chi connectivity index (χ3v) is 7.36. The molecule has 0 atom stereocenters. The Morgan fingerprint density at radius 2 is 1.81 bits per heavy atom. The standard InChI is InChI=1S/C26H27N3O6S2/c1-18-6-10-22(11-7-18)28-37(31,32)29(35-20(3)30)17-21-8-12-23(13-9-21)33-15-14-24-19(2)34-26(27-24)25-5-4-16-36-25/h4-13,16,28H,14-15,17H2,1-3H3. The molecule has 0 unspecified atom stereocenters. The van der Waals surface area contributed by atoms with Gasteiger partial charge in [0.15, 0.2) is 0 Å². The van der Waals surface area contributed by atoms with E-state index < -0.39 is 16.2 Å². The zero-order valence-electron chi connectivity index (χ0n) is 20.6. The van der Waals surface area contributed by atoms with Crippen LogP contribution in [0.25, 0.3) is 10.8 Å². The Hall–Kier alpha value is -3.67. The number of aromatic nitrogens is 1. The number of thiophene rings is 1. The molecule has 2 heterocycles. The Bertz CT molecular complexity index is 1430. The number of nitrogens with one attached hydrogen (secondary N) is 1. The minimum Gasteiger partial charge on any atom is -0.493 e. The fraction of sp³-hybridized carbons (Fsp3) is 0.231. The van der Waals surface area contributed by atoms with Gasteiger partial charge in [-0.15, -0.1) is 11.3 Å². The summed E-state index contributed by atoms with van der Waals surface area (Å²) in [5.74, 6) is 1.23. The van der Waals surface area contributed by atoms with Crippen LogP contribution < -0.4 is 9.46 Å². The highest BCUT2D eigenvalue weighted by molar-refractivity contribution is 7.90. The third-order valence-electron chi connectivity index (χ3n) is 5.26. The Balaban J connectivity index is 1.36. The number of hydrogen-bond acceptors (Lipinski definition) is 8. The Labute approximate surface area is 219 Å². The van der Waals surface area contributed by atoms with Gasteiger partial charge in [0.2, 0.25) is 5.89 Å². The number of hydroxylamine groups is 1. The summed E-state index contributed by atoms with van der Waals surface area (Å²) >= 11 is 1.57. The number of anilines is 1. The fourth-order valence-corrected chi connectivity index (χ4v) is 5.11. The number of benzene rings is 2. The van der Waals surface area contributed by atoms with E-state index >= 15 is 0 Å². The van der Waals surface area contributed by atoms with Gasteiger partial charge in [-0.25, -0.2) is 4.98 Å². The lowest BCUT2D eigenvalue weighted by Gasteiger charge is -2.21. The molecule has 4 aromatic rings. The van der Waals surface area contributed by atoms with Crippen molar-refractivity contribution in [1.82, 2.24) is 9.45 Å². The summed E-state index contributed by atoms with van der Waals surface area (Å²) in [5, 5.41) is 1.97. The van der Waals surface area contributed by atoms with Gasteiger partial charge in [0, 0.05) is 19.0 Å². The second-order valence-corrected chi connectivity index (χ2v) is 10.8. The molecule has 0 aliphatic rings. The molecule has 2 aromatic carbocycles. The average molecular weight is 542 g/mol. The zero-order chi connectivity index (χ0) is 26.4. The van der Waals surface area contributed by atoms with Gasteiger partial charge in [0.25, 0.3) is 0 Å². The molecule has 0 amide bonds. The Morgan fingerprint density at radius 1 is 1.08 bits per heavy atom. The lowest BCUT2D eigenvalue weighted by Crippen LogP contribution is -2.36. The Kier molecular flexibility index (Phi) is 8.27. The molecule has 1 N–H and O–H groups in total. The van der Waals surface area contributed by atoms with Crippen molar-refractivity contribution in [3.8, 4) is 16.5 Å². The quantitative estimate of drug-likeness (QED) is 0.257. The van der Waals surface area contributed by atoms with Crippen LogP contribution in [-0.2, 0) is 32.8 Å². The van der Waals surface area contributed by atoms with E-state index in [0.717, 1.165) is 28.8 Å². The van der Waals surface area contributed by atoms with Gasteiger partial charge in [-0.05, 0) is 59.6 Å². The van der Waals surface area contributed by atoms with Crippen molar-refractivity contribution in [3.05, 3.63) is 88.6 Å². The van der Waals surface area contributed by atoms with Crippen molar-refractivity contribution in [2.24, 2.45) is 0 Å². The molecule has 0 aliphatic heterocycles. The molecule has 0 spiro atoms. The predicted octanol–water partition coefficient (Wildman–Crippen LogP) is 5.28. The molecule has 0 fully saturated rings. The molecule has 0 saturated heterocycles. The monoisotopic (exact) mass is 541 g/mol. The summed E-state index contributed by atoms with van der Waals surface area (Å²) in [6.45, 7) is 5.14. The molecule has 0 radical (unpaired) electrons. The number of rotatable bonds is 11. The first-order valence-electron chi connectivity index (χ1n) is 11.5. The SMILES string of the molecule is CC(=O)ON(Cc1ccc(OCCc2nc(-c3cccs3)oc2C)cc1)S(=O)(=O)Nc1ccc(C)cc1. The van der Waals surface area contributed by atoms with Crippen molar-refractivity contribution in [2.75, 3.05) is 11.3 Å². The van der Waals surface area contributed by atoms with Gasteiger partial charge in [-0.2, -0.15) is 8.42 Å². The first-order valence-corrected chi connectivity index (χ1v) is 13.8. The summed E-state index contributed by atoms with van der Waals surface area (Å²) < 4.78 is 40.4. The number of nitrogens with zero attached hydrogens (tertiary/aromatic N) is 2. The molecular weight excluding hydrogens is 514 g/mol. The van der Waals surface area contributed by atoms with E-state index in [-0.39, 0.29) is 6.54 Å². The van der Waals surface area contributed by atoms with E-state index in [1.807, 2.05) is 31.4 Å². The average Bonchev–Trinajstić information content (AvgIpc) is 3.51. The van der Waals surface area contributed by atoms with Crippen LogP contribution >= 0.6 is 11.3 Å². The van der Waals surface area contributed by atoms with Gasteiger partial charge in [0.05, 0.1) is 23.7 Å². The van der Waals surface area contributed by atoms with E-state index in [1.54, 1.807) is 59.9 Å². The normalized spacial score (nSPS) is 11.5. The summed E-state index contributed by atoms with van der Waals surface area (Å²) in [7, 11) is -4.16. The second-order valence-electron chi connectivity index (χ2n) is 8.26. The largest absolute Gasteiger partial charge is 0.493 e. The molecule has 0 aliphatic carbocycles. The van der Waals surface area contributed by atoms with Crippen LogP contribution in [-0.4, -0.2) is 30.4 Å². The van der Waals surface area contributed by atoms with E-state index in [4.69, 9.17) is 14.0 Å². The van der Waals surface area contributed by atoms with Crippen LogP contribution in [0.5, 0.6) is 5.75 Å². The minimum absolute atomic E-state index is 0.176. The van der Waals surface area contributed by atoms with Crippen molar-refractivity contribution in [1.29, 1.82) is 0 Å². The highest BCUT2D eigenvalue weighted by atomic mass is 32.2. The van der Waals surface area contributed by atoms with Gasteiger partial charge in [-0.1, -0.05) is 35.9 Å². The molecule has 2 aromatic heterocycles. The van der Waals surface area contributed by atoms with Crippen molar-refractivity contribution in [3.63, 3.8) is 0 Å². The third kappa shape index (κ3) is 7.19. The molecular formula is C26H27N3O6S2. The van der Waals surface area contributed by atoms with Crippen molar-refractivity contribution < 1.29 is 27.2 Å². The van der Waals surface area contributed by atoms with E-state index in [0.29, 0.717) is 40.4 Å². The van der Waals surface area contributed by atoms with Crippen LogP contribution in [0, 0.1) is 13.8 Å². The number of ether oxygens (including phenoxy) is 1. The number of carbonyl (C=O) groups excluding carboxylic acids is 1. The lowest BCUT2D eigenvalue weighted by atomic mass is 10.2. The first kappa shape index (κ1) is 26.4. The van der Waals surface area contributed by atoms with Crippen LogP contribution in [0.1, 0.15) is 29.5 Å². The highest BCUT2D eigenvalue weighted by Gasteiger charge is 2.26. The van der Waals surface area contributed by atoms with Crippen LogP contribution in [0.15, 0.2) is 70.5 Å². The van der Waals surface area contributed by atoms with Crippen LogP contribution in [0.2, 0.25) is 0 Å². The molecule has 11 heteroatoms. The van der Waals surface area contributed by atoms with Crippen LogP contribution in [0.3, 0.4) is 0 Å². The number of hydrogen-bond donors (Lipinski definition) is 1. The summed E-state index contributed by atoms with van der Waals surface area (Å²) in [4.78, 5) is 22.1. The van der Waals surface area contributed by atoms with Crippen molar-refractivity contribution in [2.45, 2.75) is 33.7 Å². The van der Waals surface area contributed by atoms with Crippen LogP contribution in [0.4, 0.5) is 5.69 Å². The maximum atomic E-state index is 12.9. The fourth-order valence-electron chi connectivity index (χ4n) is 3.40. The predicted molar refractivity (Wildman–Crippen MR) is 141 cm³/mol. The molecule has 0 saturated carbocycles. The topological polar surface area (TPSA) is 111 Å². The van der Waals surface area contributed by atoms with E-state index in [1.165, 1.54) is 0 Å². The molecule has 0 bridgehead atoms. The number of oxazole rings is 1. The molecule has 4 rings (SSSR count). The maximum absolute atomic E-state index is 12.9. The molecule has 9 nitrogen and oxygen atoms in total. The van der Waals surface area contributed by atoms with E-state index in [9.17, 15) is 13.2 Å². The summed E-state index contributed by atoms with van der Waals surface area (Å²) in [5.41, 5.74) is 2.79. The van der Waals surface area contributed by atoms with Gasteiger partial charge in [-0.3, -0.25) is 9.52 Å². The number of carbonyl (C=O) groups is 1. The minimum atomic E-state index is -4.16. The lowest BCUT2D eigenvalue weighted by molar-refractivity contribution is -0.167. The Morgan fingerprint density at radius 3 is 2.46 bits per heavy atom. The summed E-state index contributed by atoms with van der Waals surface area (Å²) in [6.07, 6.45) is 0.575. The van der Waals surface area contributed by atoms with Gasteiger partial charge < -0.3 is 14.0 Å². The number of aryl methyl sites for hydroxylation is 2. The zero-order valence-corrected chi connectivity index (χ0v) is 22.3.